The smallest absolute Gasteiger partial charge is 0.305 e. The second-order valence-corrected chi connectivity index (χ2v) is 8.41. The maximum Gasteiger partial charge on any atom is 0.305 e. The van der Waals surface area contributed by atoms with Crippen molar-refractivity contribution < 1.29 is 9.53 Å². The Labute approximate surface area is 183 Å². The van der Waals surface area contributed by atoms with E-state index in [1.54, 1.807) is 5.57 Å². The summed E-state index contributed by atoms with van der Waals surface area (Å²) in [5, 5.41) is 0. The van der Waals surface area contributed by atoms with Crippen molar-refractivity contribution >= 4 is 35.7 Å². The van der Waals surface area contributed by atoms with Crippen molar-refractivity contribution in [1.29, 1.82) is 0 Å². The molecule has 0 spiro atoms. The Bertz CT molecular complexity index is 838. The maximum absolute atomic E-state index is 11.5. The largest absolute Gasteiger partial charge is 0.466 e. The number of ether oxygens (including phenoxy) is 1. The Hall–Kier alpha value is -1.75. The minimum atomic E-state index is -0.0739. The molecule has 2 aromatic rings. The van der Waals surface area contributed by atoms with Crippen molar-refractivity contribution in [3.63, 3.8) is 0 Å². The van der Waals surface area contributed by atoms with Crippen molar-refractivity contribution in [3.8, 4) is 0 Å². The number of hydrogen-bond donors (Lipinski definition) is 0. The van der Waals surface area contributed by atoms with Crippen LogP contribution in [0, 0.1) is 0 Å². The summed E-state index contributed by atoms with van der Waals surface area (Å²) < 4.78 is 5.03. The molecule has 5 heteroatoms. The van der Waals surface area contributed by atoms with E-state index >= 15 is 0 Å². The molecule has 1 saturated heterocycles. The van der Waals surface area contributed by atoms with Crippen LogP contribution in [0.2, 0.25) is 0 Å². The van der Waals surface area contributed by atoms with Crippen molar-refractivity contribution in [2.45, 2.75) is 42.4 Å². The lowest BCUT2D eigenvalue weighted by Gasteiger charge is -2.32. The van der Waals surface area contributed by atoms with Crippen LogP contribution in [0.25, 0.3) is 5.57 Å². The van der Waals surface area contributed by atoms with Crippen LogP contribution in [0.5, 0.6) is 0 Å². The maximum atomic E-state index is 11.5. The van der Waals surface area contributed by atoms with Crippen LogP contribution in [0.3, 0.4) is 0 Å². The van der Waals surface area contributed by atoms with Gasteiger partial charge in [-0.1, -0.05) is 53.7 Å². The Morgan fingerprint density at radius 2 is 1.59 bits per heavy atom. The number of rotatable bonds is 5. The van der Waals surface area contributed by atoms with E-state index in [0.717, 1.165) is 38.9 Å². The zero-order chi connectivity index (χ0) is 19.3. The SMILES string of the molecule is CCOC(=O)CCCN1CCC(=C2c3ccccc3Sc3ccccc32)CC1.Cl. The van der Waals surface area contributed by atoms with Crippen molar-refractivity contribution in [1.82, 2.24) is 4.90 Å². The number of esters is 1. The monoisotopic (exact) mass is 429 g/mol. The summed E-state index contributed by atoms with van der Waals surface area (Å²) in [5.74, 6) is -0.0739. The summed E-state index contributed by atoms with van der Waals surface area (Å²) in [7, 11) is 0. The van der Waals surface area contributed by atoms with Gasteiger partial charge in [0.15, 0.2) is 0 Å². The van der Waals surface area contributed by atoms with E-state index in [2.05, 4.69) is 53.4 Å². The predicted molar refractivity (Wildman–Crippen MR) is 122 cm³/mol. The minimum Gasteiger partial charge on any atom is -0.466 e. The van der Waals surface area contributed by atoms with Gasteiger partial charge in [0.05, 0.1) is 6.61 Å². The molecule has 154 valence electrons. The van der Waals surface area contributed by atoms with Gasteiger partial charge in [-0.2, -0.15) is 0 Å². The van der Waals surface area contributed by atoms with E-state index in [-0.39, 0.29) is 18.4 Å². The van der Waals surface area contributed by atoms with Gasteiger partial charge in [0.25, 0.3) is 0 Å². The molecule has 0 amide bonds. The summed E-state index contributed by atoms with van der Waals surface area (Å²) >= 11 is 1.88. The standard InChI is InChI=1S/C24H27NO2S.ClH/c1-2-27-23(26)12-7-15-25-16-13-18(14-17-25)24-19-8-3-5-10-21(19)28-22-11-6-4-9-20(22)24;/h3-6,8-11H,2,7,12-17H2,1H3;1H. The van der Waals surface area contributed by atoms with E-state index in [9.17, 15) is 4.79 Å². The summed E-state index contributed by atoms with van der Waals surface area (Å²) in [6, 6.07) is 17.6. The van der Waals surface area contributed by atoms with Crippen LogP contribution < -0.4 is 0 Å². The third-order valence-electron chi connectivity index (χ3n) is 5.51. The van der Waals surface area contributed by atoms with Gasteiger partial charge in [-0.25, -0.2) is 0 Å². The molecular weight excluding hydrogens is 402 g/mol. The third-order valence-corrected chi connectivity index (χ3v) is 6.66. The van der Waals surface area contributed by atoms with Gasteiger partial charge in [-0.15, -0.1) is 12.4 Å². The average molecular weight is 430 g/mol. The second-order valence-electron chi connectivity index (χ2n) is 7.32. The molecule has 2 aromatic carbocycles. The molecule has 1 fully saturated rings. The molecule has 4 rings (SSSR count). The number of nitrogens with zero attached hydrogens (tertiary/aromatic N) is 1. The molecule has 0 saturated carbocycles. The number of hydrogen-bond acceptors (Lipinski definition) is 4. The molecule has 2 heterocycles. The number of halogens is 1. The van der Waals surface area contributed by atoms with Crippen LogP contribution in [0.1, 0.15) is 43.7 Å². The first-order valence-corrected chi connectivity index (χ1v) is 11.0. The van der Waals surface area contributed by atoms with Crippen molar-refractivity contribution in [3.05, 3.63) is 65.2 Å². The van der Waals surface area contributed by atoms with Gasteiger partial charge in [0, 0.05) is 29.3 Å². The Morgan fingerprint density at radius 3 is 2.17 bits per heavy atom. The van der Waals surface area contributed by atoms with E-state index in [4.69, 9.17) is 4.74 Å². The molecule has 0 atom stereocenters. The van der Waals surface area contributed by atoms with Crippen LogP contribution in [-0.2, 0) is 9.53 Å². The highest BCUT2D eigenvalue weighted by Gasteiger charge is 2.25. The highest BCUT2D eigenvalue weighted by molar-refractivity contribution is 7.99. The highest BCUT2D eigenvalue weighted by Crippen LogP contribution is 2.47. The first-order valence-electron chi connectivity index (χ1n) is 10.2. The lowest BCUT2D eigenvalue weighted by Crippen LogP contribution is -2.32. The number of piperidine rings is 1. The Balaban J connectivity index is 0.00000240. The van der Waals surface area contributed by atoms with Gasteiger partial charge in [0.2, 0.25) is 0 Å². The zero-order valence-electron chi connectivity index (χ0n) is 16.9. The molecule has 2 aliphatic rings. The second kappa shape index (κ2) is 10.3. The molecular formula is C24H28ClNO2S. The van der Waals surface area contributed by atoms with E-state index < -0.39 is 0 Å². The zero-order valence-corrected chi connectivity index (χ0v) is 18.5. The molecule has 29 heavy (non-hydrogen) atoms. The fraction of sp³-hybridized carbons (Fsp3) is 0.375. The molecule has 2 aliphatic heterocycles. The summed E-state index contributed by atoms with van der Waals surface area (Å²) in [6.07, 6.45) is 3.60. The van der Waals surface area contributed by atoms with E-state index in [1.165, 1.54) is 26.5 Å². The van der Waals surface area contributed by atoms with Crippen LogP contribution in [0.15, 0.2) is 63.9 Å². The number of carbonyl (C=O) groups excluding carboxylic acids is 1. The number of benzene rings is 2. The molecule has 0 aliphatic carbocycles. The van der Waals surface area contributed by atoms with Crippen LogP contribution >= 0.6 is 24.2 Å². The summed E-state index contributed by atoms with van der Waals surface area (Å²) in [5.41, 5.74) is 5.80. The van der Waals surface area contributed by atoms with Gasteiger partial charge in [-0.05, 0) is 61.6 Å². The average Bonchev–Trinajstić information content (AvgIpc) is 2.73. The lowest BCUT2D eigenvalue weighted by atomic mass is 9.88. The van der Waals surface area contributed by atoms with Gasteiger partial charge >= 0.3 is 5.97 Å². The number of likely N-dealkylation sites (tertiary alicyclic amines) is 1. The van der Waals surface area contributed by atoms with Gasteiger partial charge < -0.3 is 9.64 Å². The quantitative estimate of drug-likeness (QED) is 0.478. The fourth-order valence-electron chi connectivity index (χ4n) is 4.15. The van der Waals surface area contributed by atoms with Gasteiger partial charge in [0.1, 0.15) is 0 Å². The molecule has 0 radical (unpaired) electrons. The van der Waals surface area contributed by atoms with Crippen LogP contribution in [-0.4, -0.2) is 37.1 Å². The highest BCUT2D eigenvalue weighted by atomic mass is 35.5. The van der Waals surface area contributed by atoms with E-state index in [0.29, 0.717) is 13.0 Å². The number of fused-ring (bicyclic) bond motifs is 2. The van der Waals surface area contributed by atoms with Crippen molar-refractivity contribution in [2.75, 3.05) is 26.2 Å². The molecule has 0 N–H and O–H groups in total. The minimum absolute atomic E-state index is 0. The molecule has 0 unspecified atom stereocenters. The third kappa shape index (κ3) is 5.06. The topological polar surface area (TPSA) is 29.5 Å². The van der Waals surface area contributed by atoms with E-state index in [1.807, 2.05) is 18.7 Å². The first-order chi connectivity index (χ1) is 13.8. The Kier molecular flexibility index (Phi) is 7.82. The summed E-state index contributed by atoms with van der Waals surface area (Å²) in [6.45, 7) is 5.45. The number of carbonyl (C=O) groups is 1. The summed E-state index contributed by atoms with van der Waals surface area (Å²) in [4.78, 5) is 16.7. The molecule has 0 aromatic heterocycles. The van der Waals surface area contributed by atoms with Crippen LogP contribution in [0.4, 0.5) is 0 Å². The first kappa shape index (κ1) is 21.9. The normalized spacial score (nSPS) is 15.9. The predicted octanol–water partition coefficient (Wildman–Crippen LogP) is 5.81. The molecule has 0 bridgehead atoms. The van der Waals surface area contributed by atoms with Gasteiger partial charge in [-0.3, -0.25) is 4.79 Å². The lowest BCUT2D eigenvalue weighted by molar-refractivity contribution is -0.143. The molecule has 3 nitrogen and oxygen atoms in total. The Morgan fingerprint density at radius 1 is 1.00 bits per heavy atom. The van der Waals surface area contributed by atoms with Crippen molar-refractivity contribution in [2.24, 2.45) is 0 Å². The fourth-order valence-corrected chi connectivity index (χ4v) is 5.24.